The van der Waals surface area contributed by atoms with Gasteiger partial charge in [-0.3, -0.25) is 14.0 Å². The normalized spacial score (nSPS) is 24.6. The van der Waals surface area contributed by atoms with Crippen LogP contribution in [0.2, 0.25) is 5.15 Å². The minimum Gasteiger partial charge on any atom is -0.393 e. The van der Waals surface area contributed by atoms with E-state index in [1.54, 1.807) is 4.90 Å². The summed E-state index contributed by atoms with van der Waals surface area (Å²) < 4.78 is 42.2. The van der Waals surface area contributed by atoms with Crippen molar-refractivity contribution in [2.45, 2.75) is 56.3 Å². The zero-order valence-corrected chi connectivity index (χ0v) is 17.9. The van der Waals surface area contributed by atoms with E-state index in [1.807, 2.05) is 0 Å². The average molecular weight is 471 g/mol. The summed E-state index contributed by atoms with van der Waals surface area (Å²) in [5, 5.41) is 9.55. The van der Waals surface area contributed by atoms with Gasteiger partial charge in [-0.25, -0.2) is 4.98 Å². The number of pyridine rings is 1. The molecule has 2 aromatic heterocycles. The van der Waals surface area contributed by atoms with Gasteiger partial charge in [-0.1, -0.05) is 11.6 Å². The van der Waals surface area contributed by atoms with Crippen LogP contribution in [0.5, 0.6) is 0 Å². The average Bonchev–Trinajstić information content (AvgIpc) is 3.42. The number of amides is 2. The van der Waals surface area contributed by atoms with Crippen LogP contribution in [0.25, 0.3) is 5.65 Å². The second-order valence-corrected chi connectivity index (χ2v) is 9.20. The number of aliphatic hydroxyl groups is 1. The Hall–Kier alpha value is -2.33. The number of hydrogen-bond acceptors (Lipinski definition) is 4. The molecule has 32 heavy (non-hydrogen) atoms. The third-order valence-corrected chi connectivity index (χ3v) is 6.96. The lowest BCUT2D eigenvalue weighted by molar-refractivity contribution is -0.138. The second-order valence-electron chi connectivity index (χ2n) is 8.84. The quantitative estimate of drug-likeness (QED) is 0.748. The van der Waals surface area contributed by atoms with Crippen LogP contribution in [-0.4, -0.2) is 67.9 Å². The highest BCUT2D eigenvalue weighted by Crippen LogP contribution is 2.43. The number of fused-ring (bicyclic) bond motifs is 1. The molecule has 7 nitrogen and oxygen atoms in total. The van der Waals surface area contributed by atoms with Crippen molar-refractivity contribution in [2.24, 2.45) is 0 Å². The summed E-state index contributed by atoms with van der Waals surface area (Å²) in [6, 6.07) is 1.03. The van der Waals surface area contributed by atoms with Crippen LogP contribution in [0.1, 0.15) is 59.6 Å². The standard InChI is InChI=1S/C21H22ClF3N4O3/c22-18-17(20(32)27-5-6-28(16(31)10-27)13-3-4-14(30)8-13)26-19-15(21(23,24)25)7-12(9-29(18)19)11-1-2-11/h7,9,11,13-14,30H,1-6,8,10H2/t13-,14-/m0/s1. The number of imidazole rings is 1. The summed E-state index contributed by atoms with van der Waals surface area (Å²) in [6.45, 7) is 0.322. The molecule has 3 aliphatic rings. The van der Waals surface area contributed by atoms with E-state index >= 15 is 0 Å². The maximum Gasteiger partial charge on any atom is 0.419 e. The molecule has 1 saturated heterocycles. The van der Waals surface area contributed by atoms with E-state index in [0.29, 0.717) is 31.4 Å². The lowest BCUT2D eigenvalue weighted by Gasteiger charge is -2.37. The molecule has 0 aromatic carbocycles. The van der Waals surface area contributed by atoms with Crippen molar-refractivity contribution in [3.05, 3.63) is 34.2 Å². The number of carbonyl (C=O) groups is 2. The lowest BCUT2D eigenvalue weighted by atomic mass is 10.1. The van der Waals surface area contributed by atoms with E-state index < -0.39 is 29.4 Å². The van der Waals surface area contributed by atoms with Crippen LogP contribution < -0.4 is 0 Å². The van der Waals surface area contributed by atoms with E-state index in [-0.39, 0.29) is 41.8 Å². The summed E-state index contributed by atoms with van der Waals surface area (Å²) >= 11 is 6.34. The Labute approximate surface area is 186 Å². The van der Waals surface area contributed by atoms with Crippen molar-refractivity contribution in [3.63, 3.8) is 0 Å². The predicted octanol–water partition coefficient (Wildman–Crippen LogP) is 3.08. The van der Waals surface area contributed by atoms with Gasteiger partial charge in [0.15, 0.2) is 11.3 Å². The zero-order valence-electron chi connectivity index (χ0n) is 17.1. The molecule has 2 aromatic rings. The number of carbonyl (C=O) groups excluding carboxylic acids is 2. The molecule has 1 N–H and O–H groups in total. The number of nitrogens with zero attached hydrogens (tertiary/aromatic N) is 4. The van der Waals surface area contributed by atoms with Crippen LogP contribution in [-0.2, 0) is 11.0 Å². The van der Waals surface area contributed by atoms with Gasteiger partial charge < -0.3 is 14.9 Å². The third-order valence-electron chi connectivity index (χ3n) is 6.60. The highest BCUT2D eigenvalue weighted by molar-refractivity contribution is 6.33. The van der Waals surface area contributed by atoms with Gasteiger partial charge >= 0.3 is 6.18 Å². The molecule has 2 saturated carbocycles. The summed E-state index contributed by atoms with van der Waals surface area (Å²) in [4.78, 5) is 32.6. The van der Waals surface area contributed by atoms with Crippen LogP contribution in [0.4, 0.5) is 13.2 Å². The Morgan fingerprint density at radius 1 is 1.19 bits per heavy atom. The molecule has 0 bridgehead atoms. The van der Waals surface area contributed by atoms with E-state index in [0.717, 1.165) is 23.3 Å². The smallest absolute Gasteiger partial charge is 0.393 e. The van der Waals surface area contributed by atoms with Crippen LogP contribution >= 0.6 is 11.6 Å². The van der Waals surface area contributed by atoms with Gasteiger partial charge in [0, 0.05) is 25.3 Å². The molecule has 1 aliphatic heterocycles. The van der Waals surface area contributed by atoms with Crippen LogP contribution in [0.15, 0.2) is 12.3 Å². The van der Waals surface area contributed by atoms with Crippen molar-refractivity contribution in [2.75, 3.05) is 19.6 Å². The molecule has 3 heterocycles. The first-order chi connectivity index (χ1) is 15.1. The molecular weight excluding hydrogens is 449 g/mol. The van der Waals surface area contributed by atoms with Gasteiger partial charge in [-0.2, -0.15) is 13.2 Å². The minimum absolute atomic E-state index is 0.0521. The number of hydrogen-bond donors (Lipinski definition) is 1. The topological polar surface area (TPSA) is 78.2 Å². The monoisotopic (exact) mass is 470 g/mol. The molecule has 11 heteroatoms. The van der Waals surface area contributed by atoms with Crippen molar-refractivity contribution in [1.29, 1.82) is 0 Å². The molecule has 2 aliphatic carbocycles. The van der Waals surface area contributed by atoms with Crippen LogP contribution in [0.3, 0.4) is 0 Å². The SMILES string of the molecule is O=C(c1nc2c(C(F)(F)F)cc(C3CC3)cn2c1Cl)N1CCN([C@H]2CC[C@H](O)C2)C(=O)C1. The van der Waals surface area contributed by atoms with Gasteiger partial charge in [-0.15, -0.1) is 0 Å². The van der Waals surface area contributed by atoms with E-state index in [9.17, 15) is 27.9 Å². The van der Waals surface area contributed by atoms with Crippen molar-refractivity contribution < 1.29 is 27.9 Å². The number of aromatic nitrogens is 2. The zero-order chi connectivity index (χ0) is 22.8. The highest BCUT2D eigenvalue weighted by atomic mass is 35.5. The maximum absolute atomic E-state index is 13.7. The molecule has 3 fully saturated rings. The number of alkyl halides is 3. The van der Waals surface area contributed by atoms with Gasteiger partial charge in [0.2, 0.25) is 5.91 Å². The Kier molecular flexibility index (Phi) is 5.12. The summed E-state index contributed by atoms with van der Waals surface area (Å²) in [5.41, 5.74) is -1.11. The fraction of sp³-hybridized carbons (Fsp3) is 0.571. The first-order valence-corrected chi connectivity index (χ1v) is 11.1. The molecule has 0 radical (unpaired) electrons. The number of piperazine rings is 1. The first-order valence-electron chi connectivity index (χ1n) is 10.7. The number of rotatable bonds is 3. The fourth-order valence-corrected chi connectivity index (χ4v) is 4.99. The first kappa shape index (κ1) is 21.5. The summed E-state index contributed by atoms with van der Waals surface area (Å²) in [7, 11) is 0. The van der Waals surface area contributed by atoms with Gasteiger partial charge in [-0.05, 0) is 49.7 Å². The van der Waals surface area contributed by atoms with Crippen molar-refractivity contribution >= 4 is 29.1 Å². The molecule has 2 atom stereocenters. The van der Waals surface area contributed by atoms with E-state index in [2.05, 4.69) is 4.98 Å². The molecule has 5 rings (SSSR count). The molecular formula is C21H22ClF3N4O3. The number of halogens is 4. The largest absolute Gasteiger partial charge is 0.419 e. The van der Waals surface area contributed by atoms with E-state index in [1.165, 1.54) is 11.1 Å². The molecule has 2 amide bonds. The Bertz CT molecular complexity index is 1100. The van der Waals surface area contributed by atoms with Crippen molar-refractivity contribution in [1.82, 2.24) is 19.2 Å². The molecule has 172 valence electrons. The summed E-state index contributed by atoms with van der Waals surface area (Å²) in [5.74, 6) is -0.868. The molecule has 0 spiro atoms. The van der Waals surface area contributed by atoms with Gasteiger partial charge in [0.1, 0.15) is 11.7 Å². The lowest BCUT2D eigenvalue weighted by Crippen LogP contribution is -2.55. The van der Waals surface area contributed by atoms with E-state index in [4.69, 9.17) is 11.6 Å². The third kappa shape index (κ3) is 3.73. The predicted molar refractivity (Wildman–Crippen MR) is 108 cm³/mol. The fourth-order valence-electron chi connectivity index (χ4n) is 4.74. The second kappa shape index (κ2) is 7.62. The van der Waals surface area contributed by atoms with Gasteiger partial charge in [0.05, 0.1) is 11.7 Å². The maximum atomic E-state index is 13.7. The molecule has 0 unspecified atom stereocenters. The van der Waals surface area contributed by atoms with Crippen molar-refractivity contribution in [3.8, 4) is 0 Å². The Morgan fingerprint density at radius 2 is 1.94 bits per heavy atom. The highest BCUT2D eigenvalue weighted by Gasteiger charge is 2.39. The minimum atomic E-state index is -4.64. The summed E-state index contributed by atoms with van der Waals surface area (Å²) in [6.07, 6.45) is -0.0658. The Balaban J connectivity index is 1.43. The Morgan fingerprint density at radius 3 is 2.53 bits per heavy atom. The van der Waals surface area contributed by atoms with Crippen LogP contribution in [0, 0.1) is 0 Å². The number of aliphatic hydroxyl groups excluding tert-OH is 1. The van der Waals surface area contributed by atoms with Gasteiger partial charge in [0.25, 0.3) is 5.91 Å².